The first-order chi connectivity index (χ1) is 9.47. The maximum atomic E-state index is 12.3. The minimum absolute atomic E-state index is 0.0712. The number of hydrogen-bond donors (Lipinski definition) is 3. The number of aliphatic carboxylic acids is 1. The first-order valence-corrected chi connectivity index (χ1v) is 7.42. The van der Waals surface area contributed by atoms with Crippen molar-refractivity contribution in [3.8, 4) is 0 Å². The smallest absolute Gasteiger partial charge is 0.329 e. The maximum absolute atomic E-state index is 12.3. The number of urea groups is 1. The van der Waals surface area contributed by atoms with Crippen molar-refractivity contribution in [3.05, 3.63) is 0 Å². The second-order valence-electron chi connectivity index (χ2n) is 6.22. The van der Waals surface area contributed by atoms with Gasteiger partial charge in [0.1, 0.15) is 5.54 Å². The van der Waals surface area contributed by atoms with Gasteiger partial charge in [-0.3, -0.25) is 0 Å². The minimum Gasteiger partial charge on any atom is -0.480 e. The Morgan fingerprint density at radius 1 is 1.35 bits per heavy atom. The standard InChI is InChI=1S/C14H25N3O3/c1-14(12(18)19,11-5-6-11)16-13(20)17-7-3-4-10(9-17)8-15-2/h10-11,15H,3-9H2,1-2H3,(H,16,20)(H,18,19). The fourth-order valence-electron chi connectivity index (χ4n) is 3.00. The lowest BCUT2D eigenvalue weighted by molar-refractivity contribution is -0.144. The van der Waals surface area contributed by atoms with Crippen LogP contribution in [0.15, 0.2) is 0 Å². The zero-order valence-corrected chi connectivity index (χ0v) is 12.3. The molecule has 1 heterocycles. The second kappa shape index (κ2) is 5.99. The molecule has 6 heteroatoms. The van der Waals surface area contributed by atoms with E-state index in [-0.39, 0.29) is 11.9 Å². The maximum Gasteiger partial charge on any atom is 0.329 e. The van der Waals surface area contributed by atoms with Crippen molar-refractivity contribution in [2.45, 2.75) is 38.1 Å². The number of carbonyl (C=O) groups excluding carboxylic acids is 1. The number of carboxylic acids is 1. The summed E-state index contributed by atoms with van der Waals surface area (Å²) in [5, 5.41) is 15.3. The van der Waals surface area contributed by atoms with Gasteiger partial charge in [-0.05, 0) is 58.0 Å². The zero-order chi connectivity index (χ0) is 14.8. The Labute approximate surface area is 119 Å². The van der Waals surface area contributed by atoms with Gasteiger partial charge in [-0.1, -0.05) is 0 Å². The summed E-state index contributed by atoms with van der Waals surface area (Å²) in [4.78, 5) is 25.5. The predicted molar refractivity (Wildman–Crippen MR) is 75.5 cm³/mol. The van der Waals surface area contributed by atoms with Crippen LogP contribution in [0, 0.1) is 11.8 Å². The number of likely N-dealkylation sites (tertiary alicyclic amines) is 1. The van der Waals surface area contributed by atoms with Gasteiger partial charge >= 0.3 is 12.0 Å². The zero-order valence-electron chi connectivity index (χ0n) is 12.3. The van der Waals surface area contributed by atoms with Crippen molar-refractivity contribution in [1.82, 2.24) is 15.5 Å². The van der Waals surface area contributed by atoms with Crippen LogP contribution in [0.3, 0.4) is 0 Å². The number of amides is 2. The lowest BCUT2D eigenvalue weighted by Crippen LogP contribution is -2.59. The van der Waals surface area contributed by atoms with Gasteiger partial charge in [-0.25, -0.2) is 9.59 Å². The van der Waals surface area contributed by atoms with Crippen LogP contribution in [-0.2, 0) is 4.79 Å². The summed E-state index contributed by atoms with van der Waals surface area (Å²) in [7, 11) is 1.91. The average molecular weight is 283 g/mol. The van der Waals surface area contributed by atoms with Gasteiger partial charge < -0.3 is 20.6 Å². The predicted octanol–water partition coefficient (Wildman–Crippen LogP) is 0.881. The van der Waals surface area contributed by atoms with E-state index in [4.69, 9.17) is 0 Å². The van der Waals surface area contributed by atoms with Crippen LogP contribution in [0.2, 0.25) is 0 Å². The Hall–Kier alpha value is -1.30. The molecule has 1 saturated heterocycles. The highest BCUT2D eigenvalue weighted by molar-refractivity contribution is 5.86. The van der Waals surface area contributed by atoms with Crippen molar-refractivity contribution in [2.24, 2.45) is 11.8 Å². The molecule has 6 nitrogen and oxygen atoms in total. The summed E-state index contributed by atoms with van der Waals surface area (Å²) < 4.78 is 0. The molecule has 2 fully saturated rings. The fraction of sp³-hybridized carbons (Fsp3) is 0.857. The molecular formula is C14H25N3O3. The highest BCUT2D eigenvalue weighted by atomic mass is 16.4. The fourth-order valence-corrected chi connectivity index (χ4v) is 3.00. The highest BCUT2D eigenvalue weighted by Crippen LogP contribution is 2.39. The Morgan fingerprint density at radius 2 is 2.05 bits per heavy atom. The first-order valence-electron chi connectivity index (χ1n) is 7.42. The van der Waals surface area contributed by atoms with E-state index in [9.17, 15) is 14.7 Å². The van der Waals surface area contributed by atoms with Gasteiger partial charge in [0.05, 0.1) is 0 Å². The van der Waals surface area contributed by atoms with Gasteiger partial charge in [0.15, 0.2) is 0 Å². The van der Waals surface area contributed by atoms with Crippen molar-refractivity contribution in [1.29, 1.82) is 0 Å². The molecule has 3 N–H and O–H groups in total. The molecule has 2 amide bonds. The summed E-state index contributed by atoms with van der Waals surface area (Å²) in [5.74, 6) is -0.407. The second-order valence-corrected chi connectivity index (χ2v) is 6.22. The number of piperidine rings is 1. The van der Waals surface area contributed by atoms with E-state index in [2.05, 4.69) is 10.6 Å². The summed E-state index contributed by atoms with van der Waals surface area (Å²) in [6.45, 7) is 3.93. The van der Waals surface area contributed by atoms with Crippen LogP contribution in [0.4, 0.5) is 4.79 Å². The Balaban J connectivity index is 1.94. The molecule has 0 radical (unpaired) electrons. The van der Waals surface area contributed by atoms with E-state index in [0.717, 1.165) is 32.2 Å². The quantitative estimate of drug-likeness (QED) is 0.699. The minimum atomic E-state index is -1.12. The summed E-state index contributed by atoms with van der Waals surface area (Å²) in [6.07, 6.45) is 3.85. The molecule has 1 saturated carbocycles. The molecule has 1 aliphatic heterocycles. The first kappa shape index (κ1) is 15.1. The molecule has 0 spiro atoms. The summed E-state index contributed by atoms with van der Waals surface area (Å²) >= 11 is 0. The van der Waals surface area contributed by atoms with Crippen molar-refractivity contribution in [3.63, 3.8) is 0 Å². The molecule has 0 aromatic heterocycles. The van der Waals surface area contributed by atoms with E-state index in [0.29, 0.717) is 19.0 Å². The molecule has 20 heavy (non-hydrogen) atoms. The largest absolute Gasteiger partial charge is 0.480 e. The van der Waals surface area contributed by atoms with Crippen LogP contribution in [0.25, 0.3) is 0 Å². The molecule has 0 aromatic rings. The van der Waals surface area contributed by atoms with Gasteiger partial charge in [0.25, 0.3) is 0 Å². The third kappa shape index (κ3) is 3.23. The van der Waals surface area contributed by atoms with Gasteiger partial charge in [0.2, 0.25) is 0 Å². The van der Waals surface area contributed by atoms with Crippen molar-refractivity contribution in [2.75, 3.05) is 26.7 Å². The van der Waals surface area contributed by atoms with Crippen LogP contribution in [-0.4, -0.2) is 54.2 Å². The van der Waals surface area contributed by atoms with Crippen molar-refractivity contribution >= 4 is 12.0 Å². The van der Waals surface area contributed by atoms with Crippen LogP contribution < -0.4 is 10.6 Å². The number of hydrogen-bond acceptors (Lipinski definition) is 3. The Morgan fingerprint density at radius 3 is 2.60 bits per heavy atom. The van der Waals surface area contributed by atoms with Crippen molar-refractivity contribution < 1.29 is 14.7 Å². The normalized spacial score (nSPS) is 25.9. The molecule has 2 aliphatic rings. The number of rotatable bonds is 5. The van der Waals surface area contributed by atoms with Crippen LogP contribution >= 0.6 is 0 Å². The highest BCUT2D eigenvalue weighted by Gasteiger charge is 2.49. The molecular weight excluding hydrogens is 258 g/mol. The summed E-state index contributed by atoms with van der Waals surface area (Å²) in [5.41, 5.74) is -1.12. The van der Waals surface area contributed by atoms with Crippen LogP contribution in [0.5, 0.6) is 0 Å². The SMILES string of the molecule is CNCC1CCCN(C(=O)NC(C)(C(=O)O)C2CC2)C1. The molecule has 0 aromatic carbocycles. The lowest BCUT2D eigenvalue weighted by atomic mass is 9.95. The number of carbonyl (C=O) groups is 2. The lowest BCUT2D eigenvalue weighted by Gasteiger charge is -2.35. The van der Waals surface area contributed by atoms with E-state index < -0.39 is 11.5 Å². The molecule has 0 bridgehead atoms. The van der Waals surface area contributed by atoms with Gasteiger partial charge in [-0.15, -0.1) is 0 Å². The average Bonchev–Trinajstić information content (AvgIpc) is 3.23. The molecule has 2 atom stereocenters. The van der Waals surface area contributed by atoms with E-state index in [1.165, 1.54) is 0 Å². The van der Waals surface area contributed by atoms with E-state index >= 15 is 0 Å². The monoisotopic (exact) mass is 283 g/mol. The third-order valence-electron chi connectivity index (χ3n) is 4.50. The van der Waals surface area contributed by atoms with Gasteiger partial charge in [-0.2, -0.15) is 0 Å². The summed E-state index contributed by atoms with van der Waals surface area (Å²) in [6, 6.07) is -0.234. The Bertz CT molecular complexity index is 382. The van der Waals surface area contributed by atoms with Gasteiger partial charge in [0, 0.05) is 13.1 Å². The van der Waals surface area contributed by atoms with Crippen LogP contribution in [0.1, 0.15) is 32.6 Å². The molecule has 1 aliphatic carbocycles. The number of carboxylic acid groups (broad SMARTS) is 1. The molecule has 2 rings (SSSR count). The number of nitrogens with one attached hydrogen (secondary N) is 2. The topological polar surface area (TPSA) is 81.7 Å². The molecule has 114 valence electrons. The third-order valence-corrected chi connectivity index (χ3v) is 4.50. The number of nitrogens with zero attached hydrogens (tertiary/aromatic N) is 1. The van der Waals surface area contributed by atoms with E-state index in [1.807, 2.05) is 7.05 Å². The van der Waals surface area contributed by atoms with E-state index in [1.54, 1.807) is 11.8 Å². The Kier molecular flexibility index (Phi) is 4.52. The molecule has 2 unspecified atom stereocenters.